The number of nitrogens with zero attached hydrogens (tertiary/aromatic N) is 3. The number of aromatic nitrogens is 3. The van der Waals surface area contributed by atoms with Crippen LogP contribution in [0.4, 0.5) is 5.69 Å². The normalized spacial score (nSPS) is 26.4. The summed E-state index contributed by atoms with van der Waals surface area (Å²) in [4.78, 5) is 0. The second-order valence-electron chi connectivity index (χ2n) is 5.88. The van der Waals surface area contributed by atoms with Crippen molar-refractivity contribution in [3.63, 3.8) is 0 Å². The van der Waals surface area contributed by atoms with Crippen molar-refractivity contribution in [2.24, 2.45) is 11.8 Å². The molecule has 3 unspecified atom stereocenters. The maximum absolute atomic E-state index is 4.10. The van der Waals surface area contributed by atoms with Gasteiger partial charge in [0.1, 0.15) is 0 Å². The fourth-order valence-corrected chi connectivity index (χ4v) is 3.12. The number of anilines is 1. The van der Waals surface area contributed by atoms with E-state index in [1.54, 1.807) is 6.20 Å². The minimum Gasteiger partial charge on any atom is -0.380 e. The molecule has 0 saturated heterocycles. The fourth-order valence-electron chi connectivity index (χ4n) is 3.12. The van der Waals surface area contributed by atoms with E-state index in [2.05, 4.69) is 47.7 Å². The van der Waals surface area contributed by atoms with E-state index in [-0.39, 0.29) is 0 Å². The summed E-state index contributed by atoms with van der Waals surface area (Å²) in [5.41, 5.74) is 2.21. The minimum absolute atomic E-state index is 0.545. The van der Waals surface area contributed by atoms with Gasteiger partial charge in [-0.15, -0.1) is 5.10 Å². The molecule has 1 heterocycles. The Kier molecular flexibility index (Phi) is 3.72. The van der Waals surface area contributed by atoms with E-state index in [4.69, 9.17) is 0 Å². The van der Waals surface area contributed by atoms with E-state index in [9.17, 15) is 0 Å². The number of hydrogen-bond acceptors (Lipinski definition) is 3. The summed E-state index contributed by atoms with van der Waals surface area (Å²) in [7, 11) is 0. The molecule has 1 fully saturated rings. The van der Waals surface area contributed by atoms with E-state index in [1.807, 2.05) is 16.9 Å². The van der Waals surface area contributed by atoms with Crippen LogP contribution in [0.2, 0.25) is 0 Å². The Bertz CT molecular complexity index is 549. The van der Waals surface area contributed by atoms with Crippen LogP contribution in [0, 0.1) is 11.8 Å². The van der Waals surface area contributed by atoms with Crippen LogP contribution in [0.25, 0.3) is 5.69 Å². The molecule has 0 radical (unpaired) electrons. The van der Waals surface area contributed by atoms with Gasteiger partial charge in [0.25, 0.3) is 0 Å². The van der Waals surface area contributed by atoms with E-state index in [0.29, 0.717) is 12.0 Å². The number of para-hydroxylation sites is 2. The fraction of sp³-hybridized carbons (Fsp3) is 0.500. The van der Waals surface area contributed by atoms with Crippen LogP contribution in [-0.2, 0) is 0 Å². The highest BCUT2D eigenvalue weighted by molar-refractivity contribution is 5.61. The predicted molar refractivity (Wildman–Crippen MR) is 80.9 cm³/mol. The molecule has 3 atom stereocenters. The van der Waals surface area contributed by atoms with Crippen LogP contribution >= 0.6 is 0 Å². The van der Waals surface area contributed by atoms with Gasteiger partial charge < -0.3 is 5.32 Å². The highest BCUT2D eigenvalue weighted by Crippen LogP contribution is 2.32. The van der Waals surface area contributed by atoms with E-state index in [0.717, 1.165) is 17.3 Å². The zero-order valence-electron chi connectivity index (χ0n) is 12.2. The maximum Gasteiger partial charge on any atom is 0.0894 e. The van der Waals surface area contributed by atoms with Crippen molar-refractivity contribution in [1.82, 2.24) is 15.0 Å². The molecule has 3 rings (SSSR count). The molecule has 106 valence electrons. The molecule has 1 aromatic carbocycles. The molecular weight excluding hydrogens is 248 g/mol. The summed E-state index contributed by atoms with van der Waals surface area (Å²) < 4.78 is 1.82. The Hall–Kier alpha value is -1.84. The first-order chi connectivity index (χ1) is 9.75. The number of hydrogen-bond donors (Lipinski definition) is 1. The van der Waals surface area contributed by atoms with Crippen molar-refractivity contribution in [3.8, 4) is 5.69 Å². The molecule has 0 amide bonds. The van der Waals surface area contributed by atoms with Crippen LogP contribution in [0.3, 0.4) is 0 Å². The lowest BCUT2D eigenvalue weighted by atomic mass is 9.78. The Morgan fingerprint density at radius 3 is 2.85 bits per heavy atom. The van der Waals surface area contributed by atoms with Gasteiger partial charge in [-0.05, 0) is 30.4 Å². The first-order valence-corrected chi connectivity index (χ1v) is 7.48. The van der Waals surface area contributed by atoms with Gasteiger partial charge >= 0.3 is 0 Å². The minimum atomic E-state index is 0.545. The van der Waals surface area contributed by atoms with Crippen molar-refractivity contribution in [1.29, 1.82) is 0 Å². The third-order valence-corrected chi connectivity index (χ3v) is 4.62. The standard InChI is InChI=1S/C16H22N4/c1-12-6-5-8-14(13(12)2)18-15-7-3-4-9-16(15)20-11-10-17-19-20/h3-4,7,9-14,18H,5-6,8H2,1-2H3. The zero-order chi connectivity index (χ0) is 13.9. The van der Waals surface area contributed by atoms with Gasteiger partial charge in [0.15, 0.2) is 0 Å². The van der Waals surface area contributed by atoms with Gasteiger partial charge in [-0.3, -0.25) is 0 Å². The lowest BCUT2D eigenvalue weighted by Crippen LogP contribution is -2.35. The van der Waals surface area contributed by atoms with E-state index < -0.39 is 0 Å². The van der Waals surface area contributed by atoms with Gasteiger partial charge in [-0.1, -0.05) is 44.0 Å². The van der Waals surface area contributed by atoms with Crippen molar-refractivity contribution in [2.75, 3.05) is 5.32 Å². The molecular formula is C16H22N4. The molecule has 1 N–H and O–H groups in total. The summed E-state index contributed by atoms with van der Waals surface area (Å²) in [5.74, 6) is 1.49. The molecule has 1 saturated carbocycles. The van der Waals surface area contributed by atoms with Gasteiger partial charge in [-0.2, -0.15) is 0 Å². The van der Waals surface area contributed by atoms with Crippen molar-refractivity contribution in [3.05, 3.63) is 36.7 Å². The smallest absolute Gasteiger partial charge is 0.0894 e. The van der Waals surface area contributed by atoms with Crippen molar-refractivity contribution in [2.45, 2.75) is 39.2 Å². The quantitative estimate of drug-likeness (QED) is 0.928. The first-order valence-electron chi connectivity index (χ1n) is 7.48. The third-order valence-electron chi connectivity index (χ3n) is 4.62. The highest BCUT2D eigenvalue weighted by atomic mass is 15.4. The molecule has 4 nitrogen and oxygen atoms in total. The molecule has 20 heavy (non-hydrogen) atoms. The van der Waals surface area contributed by atoms with Crippen molar-refractivity contribution < 1.29 is 0 Å². The largest absolute Gasteiger partial charge is 0.380 e. The van der Waals surface area contributed by atoms with Crippen LogP contribution in [-0.4, -0.2) is 21.0 Å². The number of rotatable bonds is 3. The van der Waals surface area contributed by atoms with Gasteiger partial charge in [0, 0.05) is 6.04 Å². The topological polar surface area (TPSA) is 42.7 Å². The molecule has 1 aromatic heterocycles. The van der Waals surface area contributed by atoms with Crippen molar-refractivity contribution >= 4 is 5.69 Å². The SMILES string of the molecule is CC1CCCC(Nc2ccccc2-n2ccnn2)C1C. The Morgan fingerprint density at radius 2 is 2.05 bits per heavy atom. The number of nitrogens with one attached hydrogen (secondary N) is 1. The summed E-state index contributed by atoms with van der Waals surface area (Å²) in [6.07, 6.45) is 7.51. The summed E-state index contributed by atoms with van der Waals surface area (Å²) in [6, 6.07) is 8.86. The zero-order valence-corrected chi connectivity index (χ0v) is 12.2. The molecule has 2 aromatic rings. The maximum atomic E-state index is 4.10. The summed E-state index contributed by atoms with van der Waals surface area (Å²) in [5, 5.41) is 11.7. The van der Waals surface area contributed by atoms with Gasteiger partial charge in [0.2, 0.25) is 0 Å². The Labute approximate surface area is 120 Å². The van der Waals surface area contributed by atoms with Crippen LogP contribution in [0.15, 0.2) is 36.7 Å². The molecule has 0 spiro atoms. The lowest BCUT2D eigenvalue weighted by Gasteiger charge is -2.35. The first kappa shape index (κ1) is 13.2. The molecule has 0 aliphatic heterocycles. The second-order valence-corrected chi connectivity index (χ2v) is 5.88. The van der Waals surface area contributed by atoms with E-state index in [1.165, 1.54) is 19.3 Å². The third kappa shape index (κ3) is 2.55. The van der Waals surface area contributed by atoms with E-state index >= 15 is 0 Å². The summed E-state index contributed by atoms with van der Waals surface area (Å²) >= 11 is 0. The molecule has 4 heteroatoms. The highest BCUT2D eigenvalue weighted by Gasteiger charge is 2.27. The molecule has 0 bridgehead atoms. The number of benzene rings is 1. The summed E-state index contributed by atoms with van der Waals surface area (Å²) in [6.45, 7) is 4.72. The Balaban J connectivity index is 1.84. The predicted octanol–water partition coefficient (Wildman–Crippen LogP) is 3.50. The Morgan fingerprint density at radius 1 is 1.20 bits per heavy atom. The monoisotopic (exact) mass is 270 g/mol. The second kappa shape index (κ2) is 5.65. The molecule has 1 aliphatic rings. The van der Waals surface area contributed by atoms with Crippen LogP contribution < -0.4 is 5.32 Å². The lowest BCUT2D eigenvalue weighted by molar-refractivity contribution is 0.253. The van der Waals surface area contributed by atoms with Gasteiger partial charge in [0.05, 0.1) is 23.8 Å². The molecule has 1 aliphatic carbocycles. The van der Waals surface area contributed by atoms with Gasteiger partial charge in [-0.25, -0.2) is 4.68 Å². The average molecular weight is 270 g/mol. The van der Waals surface area contributed by atoms with Crippen LogP contribution in [0.1, 0.15) is 33.1 Å². The average Bonchev–Trinajstić information content (AvgIpc) is 2.98. The van der Waals surface area contributed by atoms with Crippen LogP contribution in [0.5, 0.6) is 0 Å².